The number of carbonyl (C=O) groups excluding carboxylic acids is 2. The fourth-order valence-electron chi connectivity index (χ4n) is 5.89. The zero-order valence-electron chi connectivity index (χ0n) is 24.8. The molecule has 1 aromatic carbocycles. The van der Waals surface area contributed by atoms with Crippen LogP contribution in [0.1, 0.15) is 95.6 Å². The molecule has 6 nitrogen and oxygen atoms in total. The monoisotopic (exact) mass is 536 g/mol. The molecule has 1 aliphatic carbocycles. The maximum Gasteiger partial charge on any atom is 0.311 e. The van der Waals surface area contributed by atoms with Gasteiger partial charge in [0.2, 0.25) is 0 Å². The molecule has 2 saturated heterocycles. The van der Waals surface area contributed by atoms with Crippen LogP contribution in [0, 0.1) is 5.92 Å². The molecule has 0 bridgehead atoms. The standard InChI is InChI=1S/C33H48N2O4/c1-7-8-9-10-24-18-29(38-31(36)15-12-25-20-34(25)5)33(28-17-23(4)11-14-27(28)22(2)3)30(19-24)39-32(37)16-13-26-21-35(26)6/h17-19,25-28H,2,7-16,20-21H2,1,3-6H3/t25?,26?,27-,28+,34?,35?/m0/s1. The minimum Gasteiger partial charge on any atom is -0.426 e. The van der Waals surface area contributed by atoms with Crippen molar-refractivity contribution >= 4 is 11.9 Å². The number of likely N-dealkylation sites (N-methyl/N-ethyl adjacent to an activating group) is 2. The molecule has 0 saturated carbocycles. The first-order chi connectivity index (χ1) is 18.7. The van der Waals surface area contributed by atoms with Gasteiger partial charge >= 0.3 is 11.9 Å². The van der Waals surface area contributed by atoms with E-state index in [2.05, 4.69) is 57.3 Å². The Morgan fingerprint density at radius 3 is 1.97 bits per heavy atom. The second-order valence-corrected chi connectivity index (χ2v) is 12.2. The minimum atomic E-state index is -0.223. The molecule has 0 spiro atoms. The number of benzene rings is 1. The number of allylic oxidation sites excluding steroid dienone is 3. The van der Waals surface area contributed by atoms with Crippen molar-refractivity contribution in [3.05, 3.63) is 47.1 Å². The van der Waals surface area contributed by atoms with Crippen molar-refractivity contribution in [2.24, 2.45) is 5.92 Å². The van der Waals surface area contributed by atoms with Gasteiger partial charge in [-0.1, -0.05) is 43.6 Å². The number of ether oxygens (including phenoxy) is 2. The number of esters is 2. The number of hydrogen-bond donors (Lipinski definition) is 0. The summed E-state index contributed by atoms with van der Waals surface area (Å²) in [5.74, 6) is 0.778. The number of nitrogens with zero attached hydrogens (tertiary/aromatic N) is 2. The number of hydrogen-bond acceptors (Lipinski definition) is 6. The third-order valence-corrected chi connectivity index (χ3v) is 8.73. The van der Waals surface area contributed by atoms with Crippen LogP contribution in [0.25, 0.3) is 0 Å². The molecule has 1 aromatic rings. The summed E-state index contributed by atoms with van der Waals surface area (Å²) in [6.45, 7) is 12.8. The lowest BCUT2D eigenvalue weighted by molar-refractivity contribution is -0.135. The second kappa shape index (κ2) is 13.3. The lowest BCUT2D eigenvalue weighted by atomic mass is 9.73. The molecule has 6 heteroatoms. The summed E-state index contributed by atoms with van der Waals surface area (Å²) in [7, 11) is 4.15. The summed E-state index contributed by atoms with van der Waals surface area (Å²) in [5, 5.41) is 0. The highest BCUT2D eigenvalue weighted by Crippen LogP contribution is 2.47. The average molecular weight is 537 g/mol. The predicted molar refractivity (Wildman–Crippen MR) is 156 cm³/mol. The summed E-state index contributed by atoms with van der Waals surface area (Å²) >= 11 is 0. The number of rotatable bonds is 14. The average Bonchev–Trinajstić information content (AvgIpc) is 3.78. The summed E-state index contributed by atoms with van der Waals surface area (Å²) in [6.07, 6.45) is 10.7. The summed E-state index contributed by atoms with van der Waals surface area (Å²) in [5.41, 5.74) is 4.26. The van der Waals surface area contributed by atoms with E-state index in [4.69, 9.17) is 9.47 Å². The van der Waals surface area contributed by atoms with Gasteiger partial charge in [0.25, 0.3) is 0 Å². The van der Waals surface area contributed by atoms with Crippen molar-refractivity contribution < 1.29 is 19.1 Å². The van der Waals surface area contributed by atoms with Gasteiger partial charge in [-0.2, -0.15) is 0 Å². The van der Waals surface area contributed by atoms with Gasteiger partial charge in [0.1, 0.15) is 11.5 Å². The number of aryl methyl sites for hydroxylation is 1. The second-order valence-electron chi connectivity index (χ2n) is 12.2. The van der Waals surface area contributed by atoms with E-state index in [1.807, 2.05) is 12.1 Å². The van der Waals surface area contributed by atoms with Crippen molar-refractivity contribution in [2.75, 3.05) is 27.2 Å². The Balaban J connectivity index is 1.68. The highest BCUT2D eigenvalue weighted by atomic mass is 16.5. The first kappa shape index (κ1) is 29.5. The van der Waals surface area contributed by atoms with Crippen LogP contribution < -0.4 is 9.47 Å². The fourth-order valence-corrected chi connectivity index (χ4v) is 5.89. The molecular formula is C33H48N2O4. The molecule has 0 aromatic heterocycles. The Kier molecular flexibility index (Phi) is 10.1. The van der Waals surface area contributed by atoms with E-state index in [9.17, 15) is 9.59 Å². The Morgan fingerprint density at radius 2 is 1.51 bits per heavy atom. The molecule has 2 fully saturated rings. The molecule has 3 aliphatic rings. The van der Waals surface area contributed by atoms with Gasteiger partial charge in [0.05, 0.1) is 0 Å². The van der Waals surface area contributed by atoms with Crippen molar-refractivity contribution in [1.82, 2.24) is 9.80 Å². The maximum absolute atomic E-state index is 13.1. The van der Waals surface area contributed by atoms with E-state index < -0.39 is 0 Å². The van der Waals surface area contributed by atoms with E-state index in [1.54, 1.807) is 0 Å². The highest BCUT2D eigenvalue weighted by molar-refractivity contribution is 5.76. The molecule has 6 atom stereocenters. The quantitative estimate of drug-likeness (QED) is 0.0897. The molecule has 4 rings (SSSR count). The van der Waals surface area contributed by atoms with Gasteiger partial charge in [0, 0.05) is 49.5 Å². The Hall–Kier alpha value is -2.44. The largest absolute Gasteiger partial charge is 0.426 e. The molecule has 0 radical (unpaired) electrons. The van der Waals surface area contributed by atoms with E-state index in [0.29, 0.717) is 36.4 Å². The lowest BCUT2D eigenvalue weighted by Gasteiger charge is -2.32. The molecule has 214 valence electrons. The van der Waals surface area contributed by atoms with Crippen molar-refractivity contribution in [3.8, 4) is 11.5 Å². The van der Waals surface area contributed by atoms with Crippen LogP contribution in [-0.2, 0) is 16.0 Å². The molecule has 39 heavy (non-hydrogen) atoms. The van der Waals surface area contributed by atoms with E-state index >= 15 is 0 Å². The molecular weight excluding hydrogens is 488 g/mol. The topological polar surface area (TPSA) is 58.6 Å². The first-order valence-corrected chi connectivity index (χ1v) is 15.0. The van der Waals surface area contributed by atoms with Gasteiger partial charge in [-0.15, -0.1) is 0 Å². The number of carbonyl (C=O) groups is 2. The van der Waals surface area contributed by atoms with Gasteiger partial charge in [0.15, 0.2) is 0 Å². The summed E-state index contributed by atoms with van der Waals surface area (Å²) < 4.78 is 12.3. The predicted octanol–water partition coefficient (Wildman–Crippen LogP) is 6.43. The SMILES string of the molecule is C=C(C)[C@@H]1CCC(C)=C[C@H]1c1c(OC(=O)CCC2CN2C)cc(CCCCC)cc1OC(=O)CCC1CN1C. The zero-order valence-corrected chi connectivity index (χ0v) is 24.8. The molecule has 4 unspecified atom stereocenters. The van der Waals surface area contributed by atoms with Crippen LogP contribution in [0.2, 0.25) is 0 Å². The Morgan fingerprint density at radius 1 is 0.974 bits per heavy atom. The third kappa shape index (κ3) is 8.28. The van der Waals surface area contributed by atoms with Gasteiger partial charge < -0.3 is 19.3 Å². The van der Waals surface area contributed by atoms with Crippen molar-refractivity contribution in [1.29, 1.82) is 0 Å². The van der Waals surface area contributed by atoms with Crippen molar-refractivity contribution in [3.63, 3.8) is 0 Å². The molecule has 2 aliphatic heterocycles. The summed E-state index contributed by atoms with van der Waals surface area (Å²) in [6, 6.07) is 4.98. The van der Waals surface area contributed by atoms with Crippen LogP contribution in [0.4, 0.5) is 0 Å². The molecule has 0 N–H and O–H groups in total. The lowest BCUT2D eigenvalue weighted by Crippen LogP contribution is -2.21. The Labute approximate surface area is 235 Å². The normalized spacial score (nSPS) is 27.5. The van der Waals surface area contributed by atoms with Gasteiger partial charge in [-0.3, -0.25) is 9.59 Å². The van der Waals surface area contributed by atoms with Crippen molar-refractivity contribution in [2.45, 2.75) is 103 Å². The fraction of sp³-hybridized carbons (Fsp3) is 0.636. The maximum atomic E-state index is 13.1. The van der Waals surface area contributed by atoms with Crippen LogP contribution in [0.5, 0.6) is 11.5 Å². The van der Waals surface area contributed by atoms with Gasteiger partial charge in [-0.05, 0) is 90.1 Å². The Bertz CT molecular complexity index is 1040. The van der Waals surface area contributed by atoms with Crippen LogP contribution >= 0.6 is 0 Å². The first-order valence-electron chi connectivity index (χ1n) is 15.0. The van der Waals surface area contributed by atoms with E-state index in [-0.39, 0.29) is 23.8 Å². The van der Waals surface area contributed by atoms with E-state index in [0.717, 1.165) is 81.2 Å². The van der Waals surface area contributed by atoms with Crippen LogP contribution in [0.15, 0.2) is 35.9 Å². The van der Waals surface area contributed by atoms with Crippen LogP contribution in [0.3, 0.4) is 0 Å². The summed E-state index contributed by atoms with van der Waals surface area (Å²) in [4.78, 5) is 30.7. The molecule has 2 heterocycles. The minimum absolute atomic E-state index is 0.0596. The molecule has 0 amide bonds. The highest BCUT2D eigenvalue weighted by Gasteiger charge is 2.34. The van der Waals surface area contributed by atoms with E-state index in [1.165, 1.54) is 5.57 Å². The zero-order chi connectivity index (χ0) is 28.1. The van der Waals surface area contributed by atoms with Crippen LogP contribution in [-0.4, -0.2) is 61.0 Å². The smallest absolute Gasteiger partial charge is 0.311 e. The number of unbranched alkanes of at least 4 members (excludes halogenated alkanes) is 2. The van der Waals surface area contributed by atoms with Gasteiger partial charge in [-0.25, -0.2) is 0 Å². The third-order valence-electron chi connectivity index (χ3n) is 8.73.